The Kier molecular flexibility index (Phi) is 3.21. The van der Waals surface area contributed by atoms with Crippen LogP contribution >= 0.6 is 11.3 Å². The molecule has 0 bridgehead atoms. The van der Waals surface area contributed by atoms with Gasteiger partial charge < -0.3 is 0 Å². The van der Waals surface area contributed by atoms with Gasteiger partial charge in [0.2, 0.25) is 0 Å². The SMILES string of the molecule is Cc1cc(C)c2ncc3c(=O)n4c(-c5ccccc5)csc4nc3c2c1. The molecule has 2 aromatic carbocycles. The van der Waals surface area contributed by atoms with Crippen molar-refractivity contribution in [2.75, 3.05) is 0 Å². The van der Waals surface area contributed by atoms with E-state index in [9.17, 15) is 4.79 Å². The first kappa shape index (κ1) is 15.2. The largest absolute Gasteiger partial charge is 0.268 e. The molecule has 0 spiro atoms. The second-order valence-electron chi connectivity index (χ2n) is 6.52. The van der Waals surface area contributed by atoms with Crippen LogP contribution in [0.1, 0.15) is 11.1 Å². The van der Waals surface area contributed by atoms with E-state index >= 15 is 0 Å². The van der Waals surface area contributed by atoms with Gasteiger partial charge in [0.25, 0.3) is 5.56 Å². The average molecular weight is 357 g/mol. The molecule has 0 saturated heterocycles. The van der Waals surface area contributed by atoms with Crippen LogP contribution in [0.15, 0.2) is 58.8 Å². The molecule has 0 fully saturated rings. The van der Waals surface area contributed by atoms with E-state index in [-0.39, 0.29) is 5.56 Å². The smallest absolute Gasteiger partial charge is 0.268 e. The van der Waals surface area contributed by atoms with Crippen LogP contribution < -0.4 is 5.56 Å². The van der Waals surface area contributed by atoms with Crippen molar-refractivity contribution < 1.29 is 0 Å². The van der Waals surface area contributed by atoms with Gasteiger partial charge in [0, 0.05) is 17.0 Å². The van der Waals surface area contributed by atoms with Crippen LogP contribution in [0.3, 0.4) is 0 Å². The molecule has 0 N–H and O–H groups in total. The van der Waals surface area contributed by atoms with Crippen LogP contribution in [0.2, 0.25) is 0 Å². The van der Waals surface area contributed by atoms with Crippen molar-refractivity contribution in [2.24, 2.45) is 0 Å². The Morgan fingerprint density at radius 2 is 1.81 bits per heavy atom. The van der Waals surface area contributed by atoms with Crippen molar-refractivity contribution in [3.8, 4) is 11.3 Å². The van der Waals surface area contributed by atoms with E-state index in [1.807, 2.05) is 42.6 Å². The number of nitrogens with zero attached hydrogens (tertiary/aromatic N) is 3. The highest BCUT2D eigenvalue weighted by Crippen LogP contribution is 2.28. The molecule has 126 valence electrons. The van der Waals surface area contributed by atoms with Gasteiger partial charge in [0.1, 0.15) is 0 Å². The highest BCUT2D eigenvalue weighted by atomic mass is 32.1. The lowest BCUT2D eigenvalue weighted by atomic mass is 10.1. The second-order valence-corrected chi connectivity index (χ2v) is 7.36. The third-order valence-electron chi connectivity index (χ3n) is 4.70. The summed E-state index contributed by atoms with van der Waals surface area (Å²) in [7, 11) is 0. The molecule has 0 saturated carbocycles. The van der Waals surface area contributed by atoms with Gasteiger partial charge in [-0.1, -0.05) is 42.0 Å². The lowest BCUT2D eigenvalue weighted by Crippen LogP contribution is -2.15. The summed E-state index contributed by atoms with van der Waals surface area (Å²) in [5.74, 6) is 0. The number of thiazole rings is 1. The van der Waals surface area contributed by atoms with Gasteiger partial charge in [0.05, 0.1) is 22.1 Å². The Morgan fingerprint density at radius 3 is 2.62 bits per heavy atom. The maximum atomic E-state index is 13.2. The second kappa shape index (κ2) is 5.47. The number of fused-ring (bicyclic) bond motifs is 4. The molecule has 5 rings (SSSR count). The number of hydrogen-bond donors (Lipinski definition) is 0. The zero-order valence-corrected chi connectivity index (χ0v) is 15.2. The molecular formula is C21H15N3OS. The van der Waals surface area contributed by atoms with Crippen molar-refractivity contribution in [3.05, 3.63) is 75.5 Å². The van der Waals surface area contributed by atoms with Gasteiger partial charge in [-0.2, -0.15) is 0 Å². The fourth-order valence-corrected chi connectivity index (χ4v) is 4.43. The third kappa shape index (κ3) is 2.10. The van der Waals surface area contributed by atoms with E-state index in [4.69, 9.17) is 4.98 Å². The minimum Gasteiger partial charge on any atom is -0.268 e. The molecular weight excluding hydrogens is 342 g/mol. The Morgan fingerprint density at radius 1 is 1.00 bits per heavy atom. The van der Waals surface area contributed by atoms with Crippen molar-refractivity contribution in [3.63, 3.8) is 0 Å². The number of rotatable bonds is 1. The quantitative estimate of drug-likeness (QED) is 0.407. The van der Waals surface area contributed by atoms with Gasteiger partial charge in [-0.05, 0) is 31.0 Å². The Bertz CT molecular complexity index is 1370. The molecule has 4 nitrogen and oxygen atoms in total. The zero-order chi connectivity index (χ0) is 17.8. The van der Waals surface area contributed by atoms with Crippen molar-refractivity contribution in [1.82, 2.24) is 14.4 Å². The first-order chi connectivity index (χ1) is 12.6. The lowest BCUT2D eigenvalue weighted by molar-refractivity contribution is 1.12. The fraction of sp³-hybridized carbons (Fsp3) is 0.0952. The van der Waals surface area contributed by atoms with Crippen LogP contribution in [-0.2, 0) is 0 Å². The molecule has 0 aliphatic rings. The Balaban J connectivity index is 1.94. The zero-order valence-electron chi connectivity index (χ0n) is 14.4. The van der Waals surface area contributed by atoms with E-state index in [2.05, 4.69) is 24.0 Å². The summed E-state index contributed by atoms with van der Waals surface area (Å²) in [6.07, 6.45) is 1.66. The summed E-state index contributed by atoms with van der Waals surface area (Å²) in [5.41, 5.74) is 5.67. The average Bonchev–Trinajstić information content (AvgIpc) is 3.07. The molecule has 0 amide bonds. The first-order valence-corrected chi connectivity index (χ1v) is 9.27. The number of benzene rings is 2. The topological polar surface area (TPSA) is 47.3 Å². The van der Waals surface area contributed by atoms with Crippen LogP contribution in [0.25, 0.3) is 38.0 Å². The molecule has 3 aromatic heterocycles. The molecule has 3 heterocycles. The summed E-state index contributed by atoms with van der Waals surface area (Å²) in [6.45, 7) is 4.09. The summed E-state index contributed by atoms with van der Waals surface area (Å²) in [6, 6.07) is 14.1. The molecule has 5 heteroatoms. The Labute approximate surface area is 153 Å². The predicted octanol–water partition coefficient (Wildman–Crippen LogP) is 4.74. The van der Waals surface area contributed by atoms with E-state index in [1.165, 1.54) is 11.3 Å². The van der Waals surface area contributed by atoms with E-state index in [0.717, 1.165) is 38.8 Å². The van der Waals surface area contributed by atoms with Gasteiger partial charge in [-0.25, -0.2) is 4.98 Å². The number of aromatic nitrogens is 3. The molecule has 0 unspecified atom stereocenters. The minimum absolute atomic E-state index is 0.0707. The van der Waals surface area contributed by atoms with Gasteiger partial charge >= 0.3 is 0 Å². The predicted molar refractivity (Wildman–Crippen MR) is 107 cm³/mol. The van der Waals surface area contributed by atoms with E-state index in [1.54, 1.807) is 10.6 Å². The third-order valence-corrected chi connectivity index (χ3v) is 5.52. The van der Waals surface area contributed by atoms with Crippen LogP contribution in [0.5, 0.6) is 0 Å². The number of hydrogen-bond acceptors (Lipinski definition) is 4. The standard InChI is InChI=1S/C21H15N3OS/c1-12-8-13(2)18-15(9-12)19-16(10-22-18)20(25)24-17(11-26-21(24)23-19)14-6-4-3-5-7-14/h3-11H,1-2H3. The van der Waals surface area contributed by atoms with E-state index < -0.39 is 0 Å². The summed E-state index contributed by atoms with van der Waals surface area (Å²) in [5, 5.41) is 3.48. The maximum Gasteiger partial charge on any atom is 0.268 e. The fourth-order valence-electron chi connectivity index (χ4n) is 3.54. The van der Waals surface area contributed by atoms with Gasteiger partial charge in [-0.15, -0.1) is 11.3 Å². The number of aryl methyl sites for hydroxylation is 2. The summed E-state index contributed by atoms with van der Waals surface area (Å²) < 4.78 is 1.69. The Hall–Kier alpha value is -3.05. The minimum atomic E-state index is -0.0707. The van der Waals surface area contributed by atoms with Crippen molar-refractivity contribution >= 4 is 38.1 Å². The lowest BCUT2D eigenvalue weighted by Gasteiger charge is -2.08. The molecule has 0 aliphatic carbocycles. The first-order valence-electron chi connectivity index (χ1n) is 8.39. The molecule has 0 radical (unpaired) electrons. The normalized spacial score (nSPS) is 11.6. The summed E-state index contributed by atoms with van der Waals surface area (Å²) >= 11 is 1.49. The summed E-state index contributed by atoms with van der Waals surface area (Å²) in [4.78, 5) is 23.3. The van der Waals surface area contributed by atoms with Crippen LogP contribution in [-0.4, -0.2) is 14.4 Å². The monoisotopic (exact) mass is 357 g/mol. The van der Waals surface area contributed by atoms with E-state index in [0.29, 0.717) is 10.3 Å². The number of pyridine rings is 1. The van der Waals surface area contributed by atoms with Crippen molar-refractivity contribution in [2.45, 2.75) is 13.8 Å². The van der Waals surface area contributed by atoms with Gasteiger partial charge in [0.15, 0.2) is 4.96 Å². The molecule has 26 heavy (non-hydrogen) atoms. The van der Waals surface area contributed by atoms with Gasteiger partial charge in [-0.3, -0.25) is 14.2 Å². The molecule has 5 aromatic rings. The van der Waals surface area contributed by atoms with Crippen LogP contribution in [0.4, 0.5) is 0 Å². The maximum absolute atomic E-state index is 13.2. The highest BCUT2D eigenvalue weighted by Gasteiger charge is 2.15. The van der Waals surface area contributed by atoms with Crippen molar-refractivity contribution in [1.29, 1.82) is 0 Å². The molecule has 0 aliphatic heterocycles. The van der Waals surface area contributed by atoms with Crippen LogP contribution in [0, 0.1) is 13.8 Å². The molecule has 0 atom stereocenters. The highest BCUT2D eigenvalue weighted by molar-refractivity contribution is 7.15.